The molecule has 1 heterocycles. The van der Waals surface area contributed by atoms with Gasteiger partial charge in [0.2, 0.25) is 0 Å². The number of nitrogens with zero attached hydrogens (tertiary/aromatic N) is 2. The Labute approximate surface area is 118 Å². The van der Waals surface area contributed by atoms with Crippen LogP contribution in [-0.4, -0.2) is 28.2 Å². The number of benzene rings is 1. The second-order valence-electron chi connectivity index (χ2n) is 3.76. The maximum Gasteiger partial charge on any atom is 0.355 e. The van der Waals surface area contributed by atoms with Gasteiger partial charge < -0.3 is 9.84 Å². The average Bonchev–Trinajstić information content (AvgIpc) is 2.42. The molecule has 2 aromatic rings. The molecule has 0 bridgehead atoms. The summed E-state index contributed by atoms with van der Waals surface area (Å²) in [4.78, 5) is 19.2. The first-order valence-electron chi connectivity index (χ1n) is 5.47. The van der Waals surface area contributed by atoms with Gasteiger partial charge in [0.1, 0.15) is 6.10 Å². The van der Waals surface area contributed by atoms with Crippen LogP contribution >= 0.6 is 15.9 Å². The van der Waals surface area contributed by atoms with Gasteiger partial charge in [-0.3, -0.25) is 0 Å². The molecule has 0 aliphatic rings. The summed E-state index contributed by atoms with van der Waals surface area (Å²) >= 11 is 3.11. The first kappa shape index (κ1) is 13.6. The molecule has 0 saturated carbocycles. The van der Waals surface area contributed by atoms with Crippen LogP contribution in [0.25, 0.3) is 0 Å². The molecule has 0 aliphatic heterocycles. The molecule has 98 valence electrons. The zero-order valence-electron chi connectivity index (χ0n) is 10.1. The number of carboxylic acid groups (broad SMARTS) is 1. The van der Waals surface area contributed by atoms with Crippen molar-refractivity contribution in [2.24, 2.45) is 0 Å². The molecule has 1 atom stereocenters. The highest BCUT2D eigenvalue weighted by molar-refractivity contribution is 9.10. The molecule has 1 N–H and O–H groups in total. The SMILES string of the molecule is COC(c1ccccc1)c1ncc(Br)c(C(=O)O)n1. The van der Waals surface area contributed by atoms with E-state index < -0.39 is 12.1 Å². The fourth-order valence-corrected chi connectivity index (χ4v) is 2.04. The third kappa shape index (κ3) is 2.97. The Morgan fingerprint density at radius 1 is 1.37 bits per heavy atom. The molecule has 19 heavy (non-hydrogen) atoms. The maximum absolute atomic E-state index is 11.1. The standard InChI is InChI=1S/C13H11BrN2O3/c1-19-11(8-5-3-2-4-6-8)12-15-7-9(14)10(16-12)13(17)18/h2-7,11H,1H3,(H,17,18). The number of carboxylic acids is 1. The van der Waals surface area contributed by atoms with E-state index in [0.717, 1.165) is 5.56 Å². The quantitative estimate of drug-likeness (QED) is 0.936. The highest BCUT2D eigenvalue weighted by Crippen LogP contribution is 2.24. The number of halogens is 1. The summed E-state index contributed by atoms with van der Waals surface area (Å²) in [5, 5.41) is 9.05. The highest BCUT2D eigenvalue weighted by atomic mass is 79.9. The number of hydrogen-bond acceptors (Lipinski definition) is 4. The Kier molecular flexibility index (Phi) is 4.24. The maximum atomic E-state index is 11.1. The Morgan fingerprint density at radius 3 is 2.63 bits per heavy atom. The summed E-state index contributed by atoms with van der Waals surface area (Å²) in [6.07, 6.45) is 0.924. The van der Waals surface area contributed by atoms with Gasteiger partial charge in [-0.1, -0.05) is 30.3 Å². The summed E-state index contributed by atoms with van der Waals surface area (Å²) in [6, 6.07) is 9.39. The van der Waals surface area contributed by atoms with Gasteiger partial charge in [0, 0.05) is 13.3 Å². The fraction of sp³-hybridized carbons (Fsp3) is 0.154. The van der Waals surface area contributed by atoms with E-state index in [1.165, 1.54) is 13.3 Å². The van der Waals surface area contributed by atoms with Crippen LogP contribution in [0.3, 0.4) is 0 Å². The normalized spacial score (nSPS) is 12.1. The van der Waals surface area contributed by atoms with E-state index in [0.29, 0.717) is 10.3 Å². The van der Waals surface area contributed by atoms with Crippen LogP contribution in [0.2, 0.25) is 0 Å². The van der Waals surface area contributed by atoms with E-state index in [9.17, 15) is 4.79 Å². The highest BCUT2D eigenvalue weighted by Gasteiger charge is 2.20. The summed E-state index contributed by atoms with van der Waals surface area (Å²) in [6.45, 7) is 0. The van der Waals surface area contributed by atoms with Crippen molar-refractivity contribution in [3.8, 4) is 0 Å². The van der Waals surface area contributed by atoms with Crippen molar-refractivity contribution in [1.82, 2.24) is 9.97 Å². The van der Waals surface area contributed by atoms with Gasteiger partial charge >= 0.3 is 5.97 Å². The van der Waals surface area contributed by atoms with E-state index in [1.807, 2.05) is 30.3 Å². The summed E-state index contributed by atoms with van der Waals surface area (Å²) in [5.74, 6) is -0.798. The molecular weight excluding hydrogens is 312 g/mol. The summed E-state index contributed by atoms with van der Waals surface area (Å²) in [5.41, 5.74) is 0.784. The number of aromatic carboxylic acids is 1. The van der Waals surface area contributed by atoms with E-state index in [2.05, 4.69) is 25.9 Å². The summed E-state index contributed by atoms with van der Waals surface area (Å²) in [7, 11) is 1.53. The molecule has 2 rings (SSSR count). The van der Waals surface area contributed by atoms with Crippen LogP contribution in [0.5, 0.6) is 0 Å². The molecule has 0 amide bonds. The minimum Gasteiger partial charge on any atom is -0.476 e. The molecule has 1 aromatic heterocycles. The Morgan fingerprint density at radius 2 is 2.05 bits per heavy atom. The van der Waals surface area contributed by atoms with Crippen molar-refractivity contribution in [3.63, 3.8) is 0 Å². The Balaban J connectivity index is 2.45. The predicted octanol–water partition coefficient (Wildman–Crippen LogP) is 2.67. The third-order valence-corrected chi connectivity index (χ3v) is 3.12. The molecule has 6 heteroatoms. The molecule has 0 aliphatic carbocycles. The second kappa shape index (κ2) is 5.90. The van der Waals surface area contributed by atoms with Crippen molar-refractivity contribution >= 4 is 21.9 Å². The lowest BCUT2D eigenvalue weighted by Crippen LogP contribution is -2.12. The van der Waals surface area contributed by atoms with Gasteiger partial charge in [0.05, 0.1) is 4.47 Å². The van der Waals surface area contributed by atoms with Crippen LogP contribution in [0.4, 0.5) is 0 Å². The predicted molar refractivity (Wildman–Crippen MR) is 72.0 cm³/mol. The van der Waals surface area contributed by atoms with Gasteiger partial charge in [-0.05, 0) is 21.5 Å². The van der Waals surface area contributed by atoms with Gasteiger partial charge in [0.15, 0.2) is 11.5 Å². The molecule has 0 saturated heterocycles. The molecule has 0 spiro atoms. The zero-order chi connectivity index (χ0) is 13.8. The van der Waals surface area contributed by atoms with Crippen molar-refractivity contribution in [1.29, 1.82) is 0 Å². The van der Waals surface area contributed by atoms with Gasteiger partial charge in [-0.15, -0.1) is 0 Å². The number of ether oxygens (including phenoxy) is 1. The lowest BCUT2D eigenvalue weighted by Gasteiger charge is -2.14. The van der Waals surface area contributed by atoms with E-state index >= 15 is 0 Å². The smallest absolute Gasteiger partial charge is 0.355 e. The van der Waals surface area contributed by atoms with Gasteiger partial charge in [-0.2, -0.15) is 0 Å². The number of rotatable bonds is 4. The molecular formula is C13H11BrN2O3. The molecule has 1 aromatic carbocycles. The number of aromatic nitrogens is 2. The van der Waals surface area contributed by atoms with Crippen LogP contribution in [0, 0.1) is 0 Å². The Bertz CT molecular complexity index is 590. The zero-order valence-corrected chi connectivity index (χ0v) is 11.7. The van der Waals surface area contributed by atoms with Crippen molar-refractivity contribution in [3.05, 3.63) is 58.1 Å². The van der Waals surface area contributed by atoms with Crippen molar-refractivity contribution in [2.75, 3.05) is 7.11 Å². The number of hydrogen-bond donors (Lipinski definition) is 1. The topological polar surface area (TPSA) is 72.3 Å². The van der Waals surface area contributed by atoms with Crippen molar-refractivity contribution in [2.45, 2.75) is 6.10 Å². The number of methoxy groups -OCH3 is 1. The first-order valence-corrected chi connectivity index (χ1v) is 6.26. The minimum atomic E-state index is -1.11. The third-order valence-electron chi connectivity index (χ3n) is 2.54. The first-order chi connectivity index (χ1) is 9.13. The largest absolute Gasteiger partial charge is 0.476 e. The van der Waals surface area contributed by atoms with Gasteiger partial charge in [0.25, 0.3) is 0 Å². The van der Waals surface area contributed by atoms with Crippen molar-refractivity contribution < 1.29 is 14.6 Å². The monoisotopic (exact) mass is 322 g/mol. The second-order valence-corrected chi connectivity index (χ2v) is 4.61. The van der Waals surface area contributed by atoms with Crippen LogP contribution < -0.4 is 0 Å². The lowest BCUT2D eigenvalue weighted by molar-refractivity contribution is 0.0686. The van der Waals surface area contributed by atoms with Gasteiger partial charge in [-0.25, -0.2) is 14.8 Å². The van der Waals surface area contributed by atoms with E-state index in [1.54, 1.807) is 0 Å². The van der Waals surface area contributed by atoms with E-state index in [4.69, 9.17) is 9.84 Å². The fourth-order valence-electron chi connectivity index (χ4n) is 1.68. The average molecular weight is 323 g/mol. The van der Waals surface area contributed by atoms with Crippen LogP contribution in [0.15, 0.2) is 41.0 Å². The van der Waals surface area contributed by atoms with E-state index in [-0.39, 0.29) is 5.69 Å². The number of carbonyl (C=O) groups is 1. The molecule has 1 unspecified atom stereocenters. The summed E-state index contributed by atoms with van der Waals surface area (Å²) < 4.78 is 5.70. The molecule has 0 fully saturated rings. The minimum absolute atomic E-state index is 0.0806. The lowest BCUT2D eigenvalue weighted by atomic mass is 10.1. The van der Waals surface area contributed by atoms with Crippen LogP contribution in [-0.2, 0) is 4.74 Å². The molecule has 5 nitrogen and oxygen atoms in total. The van der Waals surface area contributed by atoms with Crippen LogP contribution in [0.1, 0.15) is 28.0 Å². The molecule has 0 radical (unpaired) electrons. The Hall–Kier alpha value is -1.79.